The summed E-state index contributed by atoms with van der Waals surface area (Å²) in [7, 11) is -0.00673. The van der Waals surface area contributed by atoms with E-state index in [0.717, 1.165) is 0 Å². The van der Waals surface area contributed by atoms with E-state index in [2.05, 4.69) is 0 Å². The molecule has 0 radical (unpaired) electrons. The molecule has 0 spiro atoms. The lowest BCUT2D eigenvalue weighted by molar-refractivity contribution is 0.594. The van der Waals surface area contributed by atoms with E-state index in [1.54, 1.807) is 18.2 Å². The highest BCUT2D eigenvalue weighted by molar-refractivity contribution is 7.34. The Morgan fingerprint density at radius 1 is 1.44 bits per heavy atom. The average molecular weight is 158 g/mol. The van der Waals surface area contributed by atoms with Gasteiger partial charge in [-0.1, -0.05) is 18.2 Å². The van der Waals surface area contributed by atoms with Crippen molar-refractivity contribution in [3.05, 3.63) is 23.5 Å². The minimum atomic E-state index is -0.149. The summed E-state index contributed by atoms with van der Waals surface area (Å²) in [6.45, 7) is 0. The van der Waals surface area contributed by atoms with Crippen LogP contribution < -0.4 is 0 Å². The second-order valence-corrected chi connectivity index (χ2v) is 3.08. The van der Waals surface area contributed by atoms with E-state index in [1.807, 2.05) is 0 Å². The highest BCUT2D eigenvalue weighted by Crippen LogP contribution is 2.30. The van der Waals surface area contributed by atoms with Gasteiger partial charge in [0.05, 0.1) is 5.66 Å². The summed E-state index contributed by atoms with van der Waals surface area (Å²) in [5.41, 5.74) is -0.149. The first kappa shape index (κ1) is 6.80. The van der Waals surface area contributed by atoms with Gasteiger partial charge in [0, 0.05) is 5.31 Å². The fourth-order valence-corrected chi connectivity index (χ4v) is 1.62. The standard InChI is InChI=1S/C5H4O2P2/c6-8-4-2-1-3-5(4)9-7/h1-4H. The Bertz CT molecular complexity index is 195. The first-order valence-electron chi connectivity index (χ1n) is 2.42. The Kier molecular flexibility index (Phi) is 2.27. The number of hydrogen-bond donors (Lipinski definition) is 0. The zero-order valence-corrected chi connectivity index (χ0v) is 6.31. The second kappa shape index (κ2) is 3.00. The summed E-state index contributed by atoms with van der Waals surface area (Å²) < 4.78 is 20.5. The van der Waals surface area contributed by atoms with Crippen LogP contribution in [0.1, 0.15) is 0 Å². The summed E-state index contributed by atoms with van der Waals surface area (Å²) >= 11 is 0. The van der Waals surface area contributed by atoms with E-state index in [9.17, 15) is 9.13 Å². The maximum Gasteiger partial charge on any atom is 0.189 e. The monoisotopic (exact) mass is 158 g/mol. The van der Waals surface area contributed by atoms with Crippen molar-refractivity contribution < 1.29 is 9.13 Å². The fourth-order valence-electron chi connectivity index (χ4n) is 0.630. The van der Waals surface area contributed by atoms with Gasteiger partial charge < -0.3 is 0 Å². The highest BCUT2D eigenvalue weighted by atomic mass is 31.1. The minimum Gasteiger partial charge on any atom is -0.274 e. The molecule has 0 aliphatic heterocycles. The summed E-state index contributed by atoms with van der Waals surface area (Å²) in [6.07, 6.45) is 5.23. The van der Waals surface area contributed by atoms with Crippen LogP contribution >= 0.6 is 16.9 Å². The quantitative estimate of drug-likeness (QED) is 0.578. The fraction of sp³-hybridized carbons (Fsp3) is 0.200. The normalized spacial score (nSPS) is 25.3. The molecule has 1 unspecified atom stereocenters. The van der Waals surface area contributed by atoms with Crippen molar-refractivity contribution in [2.24, 2.45) is 0 Å². The Hall–Kier alpha value is -0.320. The van der Waals surface area contributed by atoms with Gasteiger partial charge in [-0.25, -0.2) is 0 Å². The number of rotatable bonds is 2. The number of hydrogen-bond acceptors (Lipinski definition) is 2. The molecular formula is C5H4O2P2. The molecule has 1 aliphatic carbocycles. The Balaban J connectivity index is 2.76. The molecule has 1 rings (SSSR count). The van der Waals surface area contributed by atoms with Crippen LogP contribution in [-0.2, 0) is 9.13 Å². The van der Waals surface area contributed by atoms with Crippen LogP contribution in [-0.4, -0.2) is 5.66 Å². The van der Waals surface area contributed by atoms with E-state index in [4.69, 9.17) is 0 Å². The van der Waals surface area contributed by atoms with Crippen LogP contribution in [0.4, 0.5) is 0 Å². The molecule has 0 heterocycles. The predicted molar refractivity (Wildman–Crippen MR) is 36.2 cm³/mol. The van der Waals surface area contributed by atoms with Gasteiger partial charge in [0.2, 0.25) is 0 Å². The summed E-state index contributed by atoms with van der Waals surface area (Å²) in [5, 5.41) is 0.687. The Labute approximate surface area is 56.1 Å². The zero-order valence-electron chi connectivity index (χ0n) is 4.52. The Morgan fingerprint density at radius 3 is 2.67 bits per heavy atom. The maximum atomic E-state index is 10.2. The maximum absolute atomic E-state index is 10.2. The molecule has 1 aliphatic rings. The third-order valence-electron chi connectivity index (χ3n) is 1.08. The van der Waals surface area contributed by atoms with Crippen molar-refractivity contribution in [2.75, 3.05) is 0 Å². The van der Waals surface area contributed by atoms with Crippen molar-refractivity contribution in [3.63, 3.8) is 0 Å². The van der Waals surface area contributed by atoms with Crippen molar-refractivity contribution in [1.82, 2.24) is 0 Å². The van der Waals surface area contributed by atoms with E-state index in [-0.39, 0.29) is 22.6 Å². The summed E-state index contributed by atoms with van der Waals surface area (Å²) in [4.78, 5) is 0. The van der Waals surface area contributed by atoms with Crippen LogP contribution in [0.5, 0.6) is 0 Å². The molecule has 2 nitrogen and oxygen atoms in total. The molecule has 9 heavy (non-hydrogen) atoms. The van der Waals surface area contributed by atoms with E-state index in [0.29, 0.717) is 5.31 Å². The van der Waals surface area contributed by atoms with Gasteiger partial charge in [0.25, 0.3) is 0 Å². The third kappa shape index (κ3) is 1.32. The molecule has 0 fully saturated rings. The van der Waals surface area contributed by atoms with E-state index in [1.165, 1.54) is 0 Å². The van der Waals surface area contributed by atoms with Gasteiger partial charge >= 0.3 is 0 Å². The van der Waals surface area contributed by atoms with Crippen molar-refractivity contribution in [1.29, 1.82) is 0 Å². The lowest BCUT2D eigenvalue weighted by Gasteiger charge is -1.91. The first-order valence-corrected chi connectivity index (χ1v) is 4.12. The number of allylic oxidation sites excluding steroid dienone is 4. The zero-order chi connectivity index (χ0) is 6.69. The van der Waals surface area contributed by atoms with Crippen molar-refractivity contribution in [2.45, 2.75) is 5.66 Å². The van der Waals surface area contributed by atoms with E-state index >= 15 is 0 Å². The first-order chi connectivity index (χ1) is 4.38. The van der Waals surface area contributed by atoms with Crippen LogP contribution in [0, 0.1) is 0 Å². The van der Waals surface area contributed by atoms with Gasteiger partial charge in [-0.3, -0.25) is 9.13 Å². The van der Waals surface area contributed by atoms with Crippen LogP contribution in [0.2, 0.25) is 0 Å². The molecule has 46 valence electrons. The average Bonchev–Trinajstić information content (AvgIpc) is 2.33. The predicted octanol–water partition coefficient (Wildman–Crippen LogP) is 2.39. The molecule has 0 aromatic carbocycles. The topological polar surface area (TPSA) is 34.1 Å². The molecule has 4 heteroatoms. The molecule has 0 saturated carbocycles. The lowest BCUT2D eigenvalue weighted by atomic mass is 10.5. The molecule has 0 aromatic rings. The molecular weight excluding hydrogens is 154 g/mol. The van der Waals surface area contributed by atoms with Crippen LogP contribution in [0.25, 0.3) is 0 Å². The molecule has 0 amide bonds. The smallest absolute Gasteiger partial charge is 0.189 e. The summed E-state index contributed by atoms with van der Waals surface area (Å²) in [5.74, 6) is 0. The summed E-state index contributed by atoms with van der Waals surface area (Å²) in [6, 6.07) is 0. The van der Waals surface area contributed by atoms with Gasteiger partial charge in [-0.2, -0.15) is 0 Å². The second-order valence-electron chi connectivity index (χ2n) is 1.62. The SMILES string of the molecule is O=PC1=CC=CC1P=O. The molecule has 0 saturated heterocycles. The largest absolute Gasteiger partial charge is 0.274 e. The molecule has 0 bridgehead atoms. The van der Waals surface area contributed by atoms with Gasteiger partial charge in [0.15, 0.2) is 16.9 Å². The van der Waals surface area contributed by atoms with Crippen LogP contribution in [0.3, 0.4) is 0 Å². The lowest BCUT2D eigenvalue weighted by Crippen LogP contribution is -1.86. The van der Waals surface area contributed by atoms with Gasteiger partial charge in [-0.15, -0.1) is 0 Å². The van der Waals surface area contributed by atoms with Crippen molar-refractivity contribution in [3.8, 4) is 0 Å². The van der Waals surface area contributed by atoms with Crippen LogP contribution in [0.15, 0.2) is 23.5 Å². The molecule has 0 N–H and O–H groups in total. The third-order valence-corrected chi connectivity index (χ3v) is 2.60. The minimum absolute atomic E-state index is 0.0198. The molecule has 1 atom stereocenters. The van der Waals surface area contributed by atoms with Gasteiger partial charge in [-0.05, 0) is 0 Å². The highest BCUT2D eigenvalue weighted by Gasteiger charge is 2.13. The van der Waals surface area contributed by atoms with Gasteiger partial charge in [0.1, 0.15) is 0 Å². The van der Waals surface area contributed by atoms with Crippen molar-refractivity contribution >= 4 is 16.9 Å². The molecule has 0 aromatic heterocycles. The van der Waals surface area contributed by atoms with E-state index < -0.39 is 0 Å². The Morgan fingerprint density at radius 2 is 2.22 bits per heavy atom.